The number of aliphatic hydroxyl groups excluding tert-OH is 1. The number of rotatable bonds is 16. The first-order chi connectivity index (χ1) is 16.8. The third-order valence-electron chi connectivity index (χ3n) is 5.54. The first kappa shape index (κ1) is 28.4. The van der Waals surface area contributed by atoms with E-state index in [-0.39, 0.29) is 12.4 Å². The lowest BCUT2D eigenvalue weighted by Crippen LogP contribution is -2.42. The van der Waals surface area contributed by atoms with Crippen molar-refractivity contribution in [2.45, 2.75) is 82.1 Å². The van der Waals surface area contributed by atoms with E-state index in [9.17, 15) is 28.3 Å². The topological polar surface area (TPSA) is 152 Å². The summed E-state index contributed by atoms with van der Waals surface area (Å²) >= 11 is 0. The molecule has 3 atom stereocenters. The first-order valence-electron chi connectivity index (χ1n) is 11.7. The second-order valence-corrected chi connectivity index (χ2v) is 8.25. The molecular formula is C22H33F2N3O8. The standard InChI is InChI=1S/C22H33F2N3O8/c23-22(24)18(29)16(35-19(22)27-11-10-17(25)26-20(27)30)14-34-21(31)33-13-9-7-5-3-1-2-4-6-8-12-32-15-28/h10-11,15-16,18-19,29H,1-9,12-14H2,(H2,25,26,30)/t16-,18?,19-/m1/s1. The Morgan fingerprint density at radius 3 is 2.31 bits per heavy atom. The number of alkyl halides is 2. The van der Waals surface area contributed by atoms with Gasteiger partial charge in [0.25, 0.3) is 6.47 Å². The summed E-state index contributed by atoms with van der Waals surface area (Å²) in [7, 11) is 0. The number of ether oxygens (including phenoxy) is 4. The number of hydrogen-bond acceptors (Lipinski definition) is 10. The minimum Gasteiger partial charge on any atom is -0.468 e. The smallest absolute Gasteiger partial charge is 0.468 e. The van der Waals surface area contributed by atoms with E-state index >= 15 is 0 Å². The Bertz CT molecular complexity index is 854. The van der Waals surface area contributed by atoms with Crippen LogP contribution in [0.1, 0.15) is 64.0 Å². The summed E-state index contributed by atoms with van der Waals surface area (Å²) in [6.07, 6.45) is 2.69. The first-order valence-corrected chi connectivity index (χ1v) is 11.7. The molecule has 0 amide bonds. The highest BCUT2D eigenvalue weighted by Gasteiger charge is 2.60. The molecule has 1 fully saturated rings. The second-order valence-electron chi connectivity index (χ2n) is 8.25. The van der Waals surface area contributed by atoms with Crippen molar-refractivity contribution in [3.8, 4) is 0 Å². The number of aromatic nitrogens is 2. The molecule has 0 aromatic carbocycles. The number of nitrogens with zero attached hydrogens (tertiary/aromatic N) is 2. The maximum atomic E-state index is 14.4. The molecule has 2 rings (SSSR count). The summed E-state index contributed by atoms with van der Waals surface area (Å²) in [6.45, 7) is 0.370. The fourth-order valence-corrected chi connectivity index (χ4v) is 3.63. The average molecular weight is 506 g/mol. The molecule has 1 unspecified atom stereocenters. The molecule has 13 heteroatoms. The van der Waals surface area contributed by atoms with Gasteiger partial charge in [0.15, 0.2) is 6.10 Å². The molecule has 1 aromatic heterocycles. The van der Waals surface area contributed by atoms with Crippen LogP contribution in [-0.4, -0.2) is 65.2 Å². The van der Waals surface area contributed by atoms with Crippen LogP contribution in [0, 0.1) is 0 Å². The molecule has 1 aliphatic heterocycles. The van der Waals surface area contributed by atoms with E-state index in [4.69, 9.17) is 19.9 Å². The number of hydrogen-bond donors (Lipinski definition) is 2. The molecule has 2 heterocycles. The fraction of sp³-hybridized carbons (Fsp3) is 0.727. The van der Waals surface area contributed by atoms with E-state index in [0.29, 0.717) is 24.1 Å². The predicted octanol–water partition coefficient (Wildman–Crippen LogP) is 2.56. The summed E-state index contributed by atoms with van der Waals surface area (Å²) < 4.78 is 48.8. The van der Waals surface area contributed by atoms with E-state index < -0.39 is 42.8 Å². The summed E-state index contributed by atoms with van der Waals surface area (Å²) in [5.74, 6) is -3.98. The van der Waals surface area contributed by atoms with Gasteiger partial charge in [0.05, 0.1) is 13.2 Å². The molecule has 0 bridgehead atoms. The second kappa shape index (κ2) is 14.6. The zero-order valence-electron chi connectivity index (χ0n) is 19.5. The zero-order chi connectivity index (χ0) is 25.7. The van der Waals surface area contributed by atoms with Crippen LogP contribution in [0.25, 0.3) is 0 Å². The van der Waals surface area contributed by atoms with Gasteiger partial charge in [0.1, 0.15) is 18.5 Å². The van der Waals surface area contributed by atoms with Crippen molar-refractivity contribution in [3.63, 3.8) is 0 Å². The fourth-order valence-electron chi connectivity index (χ4n) is 3.63. The van der Waals surface area contributed by atoms with Crippen LogP contribution in [-0.2, 0) is 23.7 Å². The highest BCUT2D eigenvalue weighted by molar-refractivity contribution is 5.59. The minimum absolute atomic E-state index is 0.120. The van der Waals surface area contributed by atoms with Gasteiger partial charge in [-0.3, -0.25) is 9.36 Å². The number of nitrogens with two attached hydrogens (primary N) is 1. The Morgan fingerprint density at radius 2 is 1.71 bits per heavy atom. The van der Waals surface area contributed by atoms with Crippen LogP contribution in [0.5, 0.6) is 0 Å². The van der Waals surface area contributed by atoms with Crippen LogP contribution >= 0.6 is 0 Å². The number of nitrogen functional groups attached to an aromatic ring is 1. The third-order valence-corrected chi connectivity index (χ3v) is 5.54. The highest BCUT2D eigenvalue weighted by Crippen LogP contribution is 2.42. The van der Waals surface area contributed by atoms with Gasteiger partial charge < -0.3 is 29.8 Å². The van der Waals surface area contributed by atoms with Crippen LogP contribution in [0.15, 0.2) is 17.1 Å². The van der Waals surface area contributed by atoms with Crippen molar-refractivity contribution in [1.82, 2.24) is 9.55 Å². The molecule has 35 heavy (non-hydrogen) atoms. The monoisotopic (exact) mass is 505 g/mol. The number of halogens is 2. The lowest BCUT2D eigenvalue weighted by molar-refractivity contribution is -0.141. The van der Waals surface area contributed by atoms with Gasteiger partial charge in [-0.05, 0) is 18.9 Å². The largest absolute Gasteiger partial charge is 0.508 e. The van der Waals surface area contributed by atoms with Gasteiger partial charge in [-0.15, -0.1) is 0 Å². The maximum absolute atomic E-state index is 14.4. The van der Waals surface area contributed by atoms with Gasteiger partial charge in [0, 0.05) is 6.20 Å². The van der Waals surface area contributed by atoms with Gasteiger partial charge in [-0.1, -0.05) is 44.9 Å². The van der Waals surface area contributed by atoms with E-state index in [1.54, 1.807) is 0 Å². The predicted molar refractivity (Wildman–Crippen MR) is 119 cm³/mol. The van der Waals surface area contributed by atoms with Crippen LogP contribution in [0.2, 0.25) is 0 Å². The Balaban J connectivity index is 1.58. The molecule has 0 saturated carbocycles. The maximum Gasteiger partial charge on any atom is 0.508 e. The van der Waals surface area contributed by atoms with Crippen molar-refractivity contribution >= 4 is 18.4 Å². The number of anilines is 1. The minimum atomic E-state index is -3.83. The summed E-state index contributed by atoms with van der Waals surface area (Å²) in [4.78, 5) is 37.0. The van der Waals surface area contributed by atoms with Crippen molar-refractivity contribution in [1.29, 1.82) is 0 Å². The molecule has 11 nitrogen and oxygen atoms in total. The Morgan fingerprint density at radius 1 is 1.11 bits per heavy atom. The molecule has 3 N–H and O–H groups in total. The summed E-state index contributed by atoms with van der Waals surface area (Å²) in [5.41, 5.74) is 4.29. The van der Waals surface area contributed by atoms with E-state index in [1.165, 1.54) is 0 Å². The quantitative estimate of drug-likeness (QED) is 0.195. The van der Waals surface area contributed by atoms with Gasteiger partial charge in [-0.25, -0.2) is 9.59 Å². The molecule has 1 aromatic rings. The number of carbonyl (C=O) groups excluding carboxylic acids is 2. The highest BCUT2D eigenvalue weighted by atomic mass is 19.3. The third kappa shape index (κ3) is 9.06. The van der Waals surface area contributed by atoms with Crippen LogP contribution < -0.4 is 11.4 Å². The molecule has 0 radical (unpaired) electrons. The molecule has 0 spiro atoms. The number of unbranched alkanes of at least 4 members (excludes halogenated alkanes) is 8. The Kier molecular flexibility index (Phi) is 11.8. The lowest BCUT2D eigenvalue weighted by atomic mass is 10.1. The van der Waals surface area contributed by atoms with Gasteiger partial charge in [-0.2, -0.15) is 13.8 Å². The normalized spacial score (nSPS) is 20.9. The molecular weight excluding hydrogens is 472 g/mol. The molecule has 198 valence electrons. The Labute approximate surface area is 201 Å². The van der Waals surface area contributed by atoms with Crippen molar-refractivity contribution in [2.75, 3.05) is 25.6 Å². The van der Waals surface area contributed by atoms with E-state index in [2.05, 4.69) is 9.72 Å². The van der Waals surface area contributed by atoms with Gasteiger partial charge in [0.2, 0.25) is 6.23 Å². The SMILES string of the molecule is Nc1ccn([C@@H]2O[C@H](COC(=O)OCCCCCCCCCCCOC=O)C(O)C2(F)F)c(=O)n1. The zero-order valence-corrected chi connectivity index (χ0v) is 19.5. The van der Waals surface area contributed by atoms with Gasteiger partial charge >= 0.3 is 17.8 Å². The molecule has 0 aliphatic carbocycles. The van der Waals surface area contributed by atoms with Crippen molar-refractivity contribution in [2.24, 2.45) is 0 Å². The number of carbonyl (C=O) groups is 2. The van der Waals surface area contributed by atoms with Crippen molar-refractivity contribution in [3.05, 3.63) is 22.7 Å². The lowest BCUT2D eigenvalue weighted by Gasteiger charge is -2.20. The molecule has 1 aliphatic rings. The molecule has 1 saturated heterocycles. The van der Waals surface area contributed by atoms with Crippen LogP contribution in [0.4, 0.5) is 19.4 Å². The summed E-state index contributed by atoms with van der Waals surface area (Å²) in [5, 5.41) is 9.92. The van der Waals surface area contributed by atoms with E-state index in [0.717, 1.165) is 63.6 Å². The Hall–Kier alpha value is -2.80. The van der Waals surface area contributed by atoms with Crippen LogP contribution in [0.3, 0.4) is 0 Å². The number of aliphatic hydroxyl groups is 1. The summed E-state index contributed by atoms with van der Waals surface area (Å²) in [6, 6.07) is 1.14. The van der Waals surface area contributed by atoms with Crippen molar-refractivity contribution < 1.29 is 42.4 Å². The average Bonchev–Trinajstić information content (AvgIpc) is 3.04. The van der Waals surface area contributed by atoms with E-state index in [1.807, 2.05) is 0 Å².